The second-order valence-electron chi connectivity index (χ2n) is 11.0. The number of esters is 1. The molecule has 0 saturated carbocycles. The third kappa shape index (κ3) is 13.0. The van der Waals surface area contributed by atoms with E-state index >= 15 is 0 Å². The highest BCUT2D eigenvalue weighted by molar-refractivity contribution is 5.91. The summed E-state index contributed by atoms with van der Waals surface area (Å²) in [5, 5.41) is 12.3. The van der Waals surface area contributed by atoms with Gasteiger partial charge in [-0.05, 0) is 49.2 Å². The van der Waals surface area contributed by atoms with Crippen LogP contribution in [0.15, 0.2) is 54.6 Å². The molecular weight excluding hydrogens is 570 g/mol. The van der Waals surface area contributed by atoms with Crippen molar-refractivity contribution >= 4 is 23.9 Å². The third-order valence-corrected chi connectivity index (χ3v) is 7.32. The van der Waals surface area contributed by atoms with Crippen LogP contribution in [0.4, 0.5) is 0 Å². The predicted molar refractivity (Wildman–Crippen MR) is 177 cm³/mol. The number of unbranched alkanes of at least 4 members (excludes halogenated alkanes) is 9. The summed E-state index contributed by atoms with van der Waals surface area (Å²) in [7, 11) is 0. The van der Waals surface area contributed by atoms with Crippen molar-refractivity contribution in [3.8, 4) is 28.3 Å². The molecule has 0 aliphatic rings. The monoisotopic (exact) mass is 617 g/mol. The van der Waals surface area contributed by atoms with Crippen molar-refractivity contribution in [2.24, 2.45) is 0 Å². The Balaban J connectivity index is 1.53. The van der Waals surface area contributed by atoms with E-state index in [0.29, 0.717) is 29.5 Å². The van der Waals surface area contributed by atoms with Gasteiger partial charge in [0.05, 0.1) is 18.0 Å². The maximum atomic E-state index is 12.3. The van der Waals surface area contributed by atoms with Crippen LogP contribution in [0.25, 0.3) is 28.6 Å². The molecule has 9 heteroatoms. The van der Waals surface area contributed by atoms with Gasteiger partial charge < -0.3 is 24.9 Å². The molecule has 3 rings (SSSR count). The Hall–Kier alpha value is -4.40. The summed E-state index contributed by atoms with van der Waals surface area (Å²) in [5.74, 6) is -0.718. The minimum Gasteiger partial charge on any atom is -0.482 e. The molecule has 45 heavy (non-hydrogen) atoms. The second kappa shape index (κ2) is 19.8. The van der Waals surface area contributed by atoms with E-state index in [2.05, 4.69) is 22.2 Å². The lowest BCUT2D eigenvalue weighted by atomic mass is 10.0. The first kappa shape index (κ1) is 35.1. The van der Waals surface area contributed by atoms with Gasteiger partial charge in [-0.1, -0.05) is 89.0 Å². The molecule has 242 valence electrons. The Morgan fingerprint density at radius 1 is 0.844 bits per heavy atom. The zero-order valence-corrected chi connectivity index (χ0v) is 26.6. The summed E-state index contributed by atoms with van der Waals surface area (Å²) in [4.78, 5) is 43.0. The molecule has 0 aliphatic heterocycles. The number of H-pyrrole nitrogens is 1. The number of ether oxygens (including phenoxy) is 2. The molecule has 0 unspecified atom stereocenters. The Morgan fingerprint density at radius 2 is 1.47 bits per heavy atom. The summed E-state index contributed by atoms with van der Waals surface area (Å²) in [5.41, 5.74) is 3.71. The minimum absolute atomic E-state index is 0.112. The van der Waals surface area contributed by atoms with Crippen molar-refractivity contribution in [1.82, 2.24) is 15.3 Å². The highest BCUT2D eigenvalue weighted by atomic mass is 16.6. The van der Waals surface area contributed by atoms with E-state index in [1.807, 2.05) is 24.3 Å². The fourth-order valence-electron chi connectivity index (χ4n) is 4.94. The number of rotatable bonds is 21. The quantitative estimate of drug-likeness (QED) is 0.0646. The molecule has 1 amide bonds. The van der Waals surface area contributed by atoms with Gasteiger partial charge in [-0.2, -0.15) is 0 Å². The van der Waals surface area contributed by atoms with E-state index in [1.54, 1.807) is 43.3 Å². The number of nitrogens with zero attached hydrogens (tertiary/aromatic N) is 1. The normalized spacial score (nSPS) is 11.1. The van der Waals surface area contributed by atoms with Crippen molar-refractivity contribution in [2.75, 3.05) is 19.8 Å². The Kier molecular flexibility index (Phi) is 15.4. The summed E-state index contributed by atoms with van der Waals surface area (Å²) < 4.78 is 10.4. The number of aromatic amines is 1. The molecule has 1 heterocycles. The predicted octanol–water partition coefficient (Wildman–Crippen LogP) is 7.36. The molecule has 3 aromatic rings. The van der Waals surface area contributed by atoms with Gasteiger partial charge in [-0.25, -0.2) is 9.78 Å². The molecule has 3 N–H and O–H groups in total. The molecular formula is C36H47N3O6. The smallest absolute Gasteiger partial charge is 0.344 e. The highest BCUT2D eigenvalue weighted by Gasteiger charge is 2.16. The Bertz CT molecular complexity index is 1360. The SMILES string of the molecule is CCCCCCCCCCCCNC(=O)C=Cc1ccc(-c2[nH]c(CC(=O)O)nc2-c2ccc(OCC(=O)OCC)cc2)cc1. The van der Waals surface area contributed by atoms with E-state index in [-0.39, 0.29) is 25.5 Å². The van der Waals surface area contributed by atoms with Crippen LogP contribution < -0.4 is 10.1 Å². The third-order valence-electron chi connectivity index (χ3n) is 7.32. The number of carbonyl (C=O) groups is 3. The Morgan fingerprint density at radius 3 is 2.09 bits per heavy atom. The van der Waals surface area contributed by atoms with Crippen LogP contribution >= 0.6 is 0 Å². The van der Waals surface area contributed by atoms with Crippen LogP contribution in [0.2, 0.25) is 0 Å². The van der Waals surface area contributed by atoms with Gasteiger partial charge >= 0.3 is 11.9 Å². The maximum absolute atomic E-state index is 12.3. The number of hydrogen-bond donors (Lipinski definition) is 3. The average Bonchev–Trinajstić information content (AvgIpc) is 3.45. The number of carbonyl (C=O) groups excluding carboxylic acids is 2. The summed E-state index contributed by atoms with van der Waals surface area (Å²) in [6.45, 7) is 4.75. The number of amides is 1. The van der Waals surface area contributed by atoms with Crippen LogP contribution in [0.1, 0.15) is 89.4 Å². The second-order valence-corrected chi connectivity index (χ2v) is 11.0. The van der Waals surface area contributed by atoms with Crippen LogP contribution in [0, 0.1) is 0 Å². The van der Waals surface area contributed by atoms with Gasteiger partial charge in [0, 0.05) is 23.7 Å². The highest BCUT2D eigenvalue weighted by Crippen LogP contribution is 2.32. The Labute approximate surface area is 266 Å². The fraction of sp³-hybridized carbons (Fsp3) is 0.444. The van der Waals surface area contributed by atoms with Crippen molar-refractivity contribution in [1.29, 1.82) is 0 Å². The number of aliphatic carboxylic acids is 1. The molecule has 2 aromatic carbocycles. The van der Waals surface area contributed by atoms with Crippen LogP contribution in [-0.2, 0) is 25.5 Å². The number of imidazole rings is 1. The molecule has 0 atom stereocenters. The standard InChI is InChI=1S/C36H47N3O6/c1-3-5-6-7-8-9-10-11-12-13-24-37-32(40)23-16-27-14-17-28(18-15-27)35-36(39-31(38-35)25-33(41)42)29-19-21-30(22-20-29)45-26-34(43)44-4-2/h14-23H,3-13,24-26H2,1-2H3,(H,37,40)(H,38,39)(H,41,42). The van der Waals surface area contributed by atoms with Crippen molar-refractivity contribution < 1.29 is 29.0 Å². The van der Waals surface area contributed by atoms with Crippen LogP contribution in [0.5, 0.6) is 5.75 Å². The number of carboxylic acid groups (broad SMARTS) is 1. The van der Waals surface area contributed by atoms with Crippen molar-refractivity contribution in [3.05, 3.63) is 66.0 Å². The lowest BCUT2D eigenvalue weighted by Gasteiger charge is -2.07. The number of hydrogen-bond acceptors (Lipinski definition) is 6. The lowest BCUT2D eigenvalue weighted by molar-refractivity contribution is -0.145. The first-order chi connectivity index (χ1) is 21.9. The topological polar surface area (TPSA) is 131 Å². The molecule has 0 saturated heterocycles. The molecule has 0 aliphatic carbocycles. The van der Waals surface area contributed by atoms with E-state index in [4.69, 9.17) is 9.47 Å². The summed E-state index contributed by atoms with van der Waals surface area (Å²) in [6, 6.07) is 14.6. The first-order valence-corrected chi connectivity index (χ1v) is 16.2. The van der Waals surface area contributed by atoms with Gasteiger partial charge in [0.15, 0.2) is 6.61 Å². The van der Waals surface area contributed by atoms with E-state index in [9.17, 15) is 19.5 Å². The van der Waals surface area contributed by atoms with Gasteiger partial charge in [-0.15, -0.1) is 0 Å². The minimum atomic E-state index is -0.989. The van der Waals surface area contributed by atoms with E-state index < -0.39 is 11.9 Å². The molecule has 9 nitrogen and oxygen atoms in total. The average molecular weight is 618 g/mol. The van der Waals surface area contributed by atoms with E-state index in [1.165, 1.54) is 51.4 Å². The zero-order chi connectivity index (χ0) is 32.3. The number of benzene rings is 2. The van der Waals surface area contributed by atoms with Gasteiger partial charge in [0.1, 0.15) is 18.0 Å². The fourth-order valence-corrected chi connectivity index (χ4v) is 4.94. The first-order valence-electron chi connectivity index (χ1n) is 16.2. The van der Waals surface area contributed by atoms with Crippen molar-refractivity contribution in [2.45, 2.75) is 84.5 Å². The summed E-state index contributed by atoms with van der Waals surface area (Å²) in [6.07, 6.45) is 15.7. The van der Waals surface area contributed by atoms with Crippen LogP contribution in [-0.4, -0.2) is 52.7 Å². The molecule has 0 fully saturated rings. The van der Waals surface area contributed by atoms with Gasteiger partial charge in [0.2, 0.25) is 5.91 Å². The molecule has 0 bridgehead atoms. The maximum Gasteiger partial charge on any atom is 0.344 e. The van der Waals surface area contributed by atoms with Gasteiger partial charge in [0.25, 0.3) is 0 Å². The number of carboxylic acids is 1. The van der Waals surface area contributed by atoms with Crippen molar-refractivity contribution in [3.63, 3.8) is 0 Å². The van der Waals surface area contributed by atoms with Gasteiger partial charge in [-0.3, -0.25) is 9.59 Å². The summed E-state index contributed by atoms with van der Waals surface area (Å²) >= 11 is 0. The molecule has 0 radical (unpaired) electrons. The number of aromatic nitrogens is 2. The zero-order valence-electron chi connectivity index (χ0n) is 26.6. The van der Waals surface area contributed by atoms with E-state index in [0.717, 1.165) is 29.5 Å². The lowest BCUT2D eigenvalue weighted by Crippen LogP contribution is -2.21. The largest absolute Gasteiger partial charge is 0.482 e. The molecule has 0 spiro atoms. The molecule has 1 aromatic heterocycles. The number of nitrogens with one attached hydrogen (secondary N) is 2. The van der Waals surface area contributed by atoms with Crippen LogP contribution in [0.3, 0.4) is 0 Å².